The van der Waals surface area contributed by atoms with E-state index in [0.717, 1.165) is 0 Å². The molecule has 2 atom stereocenters. The number of β-amino-alcohol motifs (C(OH)–C–C–N with tert-alkyl or cyclic N) is 1. The molecule has 1 heterocycles. The molecule has 0 amide bonds. The van der Waals surface area contributed by atoms with Crippen LogP contribution in [0.25, 0.3) is 0 Å². The number of aliphatic carboxylic acids is 1. The van der Waals surface area contributed by atoms with Gasteiger partial charge < -0.3 is 20.3 Å². The Morgan fingerprint density at radius 3 is 2.50 bits per heavy atom. The Hall–Kier alpha value is 0.390. The van der Waals surface area contributed by atoms with Crippen molar-refractivity contribution in [2.75, 3.05) is 6.54 Å². The van der Waals surface area contributed by atoms with Gasteiger partial charge in [0.05, 0.1) is 12.1 Å². The van der Waals surface area contributed by atoms with Crippen LogP contribution < -0.4 is 40.0 Å². The molecule has 2 N–H and O–H groups in total. The number of hydrogen-bond donors (Lipinski definition) is 2. The molecule has 0 aliphatic carbocycles. The van der Waals surface area contributed by atoms with Crippen LogP contribution in [0, 0.1) is 0 Å². The van der Waals surface area contributed by atoms with E-state index in [-0.39, 0.29) is 36.0 Å². The maximum Gasteiger partial charge on any atom is 1.00 e. The molecule has 10 heavy (non-hydrogen) atoms. The molecule has 4 nitrogen and oxygen atoms in total. The summed E-state index contributed by atoms with van der Waals surface area (Å²) in [5.41, 5.74) is 0. The monoisotopic (exact) mass is 153 g/mol. The standard InChI is InChI=1S/C5H9NO3.Na/c7-3-1-4(5(8)9)6-2-3;/h3-4,6-7H,1-2H2,(H,8,9);/q;+1/p-1/t3-,4+;/m1./s1. The third kappa shape index (κ3) is 2.56. The van der Waals surface area contributed by atoms with Gasteiger partial charge in [0, 0.05) is 12.6 Å². The number of nitrogens with one attached hydrogen (secondary N) is 1. The van der Waals surface area contributed by atoms with Crippen LogP contribution in [0.15, 0.2) is 0 Å². The van der Waals surface area contributed by atoms with Crippen molar-refractivity contribution in [2.45, 2.75) is 18.6 Å². The van der Waals surface area contributed by atoms with Crippen molar-refractivity contribution in [3.63, 3.8) is 0 Å². The Kier molecular flexibility index (Phi) is 4.47. The zero-order valence-corrected chi connectivity index (χ0v) is 7.83. The quantitative estimate of drug-likeness (QED) is 0.368. The predicted octanol–water partition coefficient (Wildman–Crippen LogP) is -5.54. The molecule has 0 bridgehead atoms. The molecular weight excluding hydrogens is 145 g/mol. The van der Waals surface area contributed by atoms with Gasteiger partial charge >= 0.3 is 29.6 Å². The molecule has 1 fully saturated rings. The van der Waals surface area contributed by atoms with E-state index in [0.29, 0.717) is 6.54 Å². The Balaban J connectivity index is 0.000000810. The smallest absolute Gasteiger partial charge is 0.548 e. The third-order valence-corrected chi connectivity index (χ3v) is 1.39. The van der Waals surface area contributed by atoms with E-state index < -0.39 is 18.1 Å². The summed E-state index contributed by atoms with van der Waals surface area (Å²) < 4.78 is 0. The minimum Gasteiger partial charge on any atom is -0.548 e. The number of aliphatic hydroxyl groups is 1. The van der Waals surface area contributed by atoms with Crippen molar-refractivity contribution in [2.24, 2.45) is 0 Å². The maximum absolute atomic E-state index is 10.1. The Bertz CT molecular complexity index is 130. The van der Waals surface area contributed by atoms with Crippen LogP contribution >= 0.6 is 0 Å². The van der Waals surface area contributed by atoms with Gasteiger partial charge in [-0.25, -0.2) is 0 Å². The molecule has 0 aromatic rings. The molecule has 0 saturated carbocycles. The molecule has 1 saturated heterocycles. The Labute approximate surface area is 80.9 Å². The summed E-state index contributed by atoms with van der Waals surface area (Å²) in [4.78, 5) is 10.1. The van der Waals surface area contributed by atoms with Crippen LogP contribution in [-0.4, -0.2) is 29.8 Å². The molecule has 1 aliphatic heterocycles. The average Bonchev–Trinajstić information content (AvgIpc) is 2.14. The van der Waals surface area contributed by atoms with Gasteiger partial charge in [0.1, 0.15) is 0 Å². The number of carboxylic acids is 1. The zero-order chi connectivity index (χ0) is 6.85. The van der Waals surface area contributed by atoms with E-state index >= 15 is 0 Å². The number of carboxylic acid groups (broad SMARTS) is 1. The number of carbonyl (C=O) groups excluding carboxylic acids is 1. The van der Waals surface area contributed by atoms with Gasteiger partial charge in [-0.15, -0.1) is 0 Å². The van der Waals surface area contributed by atoms with Crippen LogP contribution in [-0.2, 0) is 4.79 Å². The first-order chi connectivity index (χ1) is 4.20. The third-order valence-electron chi connectivity index (χ3n) is 1.39. The number of rotatable bonds is 1. The summed E-state index contributed by atoms with van der Waals surface area (Å²) in [5.74, 6) is -1.13. The van der Waals surface area contributed by atoms with E-state index in [9.17, 15) is 9.90 Å². The molecule has 0 radical (unpaired) electrons. The summed E-state index contributed by atoms with van der Waals surface area (Å²) in [7, 11) is 0. The van der Waals surface area contributed by atoms with Gasteiger partial charge in [-0.1, -0.05) is 0 Å². The summed E-state index contributed by atoms with van der Waals surface area (Å²) in [5, 5.41) is 21.5. The fourth-order valence-corrected chi connectivity index (χ4v) is 0.897. The summed E-state index contributed by atoms with van der Waals surface area (Å²) in [6, 6.07) is -0.653. The average molecular weight is 153 g/mol. The minimum atomic E-state index is -1.13. The summed E-state index contributed by atoms with van der Waals surface area (Å²) in [6.07, 6.45) is -0.254. The second kappa shape index (κ2) is 4.31. The van der Waals surface area contributed by atoms with E-state index in [4.69, 9.17) is 5.11 Å². The number of carbonyl (C=O) groups is 1. The zero-order valence-electron chi connectivity index (χ0n) is 5.83. The van der Waals surface area contributed by atoms with E-state index in [1.54, 1.807) is 0 Å². The summed E-state index contributed by atoms with van der Waals surface area (Å²) in [6.45, 7) is 0.360. The molecule has 1 aliphatic rings. The van der Waals surface area contributed by atoms with Crippen LogP contribution in [0.4, 0.5) is 0 Å². The van der Waals surface area contributed by atoms with E-state index in [1.807, 2.05) is 0 Å². The van der Waals surface area contributed by atoms with E-state index in [1.165, 1.54) is 0 Å². The number of aliphatic hydroxyl groups excluding tert-OH is 1. The van der Waals surface area contributed by atoms with Gasteiger partial charge in [0.2, 0.25) is 0 Å². The normalized spacial score (nSPS) is 31.3. The van der Waals surface area contributed by atoms with Crippen LogP contribution in [0.5, 0.6) is 0 Å². The Morgan fingerprint density at radius 1 is 1.70 bits per heavy atom. The van der Waals surface area contributed by atoms with Crippen LogP contribution in [0.2, 0.25) is 0 Å². The molecule has 0 spiro atoms. The predicted molar refractivity (Wildman–Crippen MR) is 27.4 cm³/mol. The first-order valence-corrected chi connectivity index (χ1v) is 2.82. The number of hydrogen-bond acceptors (Lipinski definition) is 4. The molecule has 52 valence electrons. The van der Waals surface area contributed by atoms with Crippen molar-refractivity contribution in [1.29, 1.82) is 0 Å². The topological polar surface area (TPSA) is 72.4 Å². The van der Waals surface area contributed by atoms with Gasteiger partial charge in [-0.05, 0) is 6.42 Å². The Morgan fingerprint density at radius 2 is 2.30 bits per heavy atom. The molecule has 0 aromatic heterocycles. The van der Waals surface area contributed by atoms with Crippen molar-refractivity contribution in [3.8, 4) is 0 Å². The molecule has 0 aromatic carbocycles. The minimum absolute atomic E-state index is 0. The fourth-order valence-electron chi connectivity index (χ4n) is 0.897. The second-order valence-corrected chi connectivity index (χ2v) is 2.17. The van der Waals surface area contributed by atoms with Gasteiger partial charge in [-0.3, -0.25) is 0 Å². The van der Waals surface area contributed by atoms with Crippen molar-refractivity contribution < 1.29 is 44.6 Å². The molecule has 0 unspecified atom stereocenters. The molecule has 1 rings (SSSR count). The fraction of sp³-hybridized carbons (Fsp3) is 0.800. The van der Waals surface area contributed by atoms with Crippen molar-refractivity contribution in [1.82, 2.24) is 5.32 Å². The van der Waals surface area contributed by atoms with Gasteiger partial charge in [-0.2, -0.15) is 0 Å². The largest absolute Gasteiger partial charge is 1.00 e. The second-order valence-electron chi connectivity index (χ2n) is 2.17. The van der Waals surface area contributed by atoms with Gasteiger partial charge in [0.15, 0.2) is 0 Å². The van der Waals surface area contributed by atoms with Crippen LogP contribution in [0.3, 0.4) is 0 Å². The SMILES string of the molecule is O=C([O-])[C@@H]1C[C@@H](O)CN1.[Na+]. The van der Waals surface area contributed by atoms with E-state index in [2.05, 4.69) is 5.32 Å². The summed E-state index contributed by atoms with van der Waals surface area (Å²) >= 11 is 0. The molecular formula is C5H8NNaO3. The van der Waals surface area contributed by atoms with Crippen molar-refractivity contribution >= 4 is 5.97 Å². The molecule has 5 heteroatoms. The first-order valence-electron chi connectivity index (χ1n) is 2.82. The van der Waals surface area contributed by atoms with Crippen molar-refractivity contribution in [3.05, 3.63) is 0 Å². The van der Waals surface area contributed by atoms with Gasteiger partial charge in [0.25, 0.3) is 0 Å². The van der Waals surface area contributed by atoms with Crippen LogP contribution in [0.1, 0.15) is 6.42 Å². The maximum atomic E-state index is 10.1. The first kappa shape index (κ1) is 10.4.